The summed E-state index contributed by atoms with van der Waals surface area (Å²) in [6.45, 7) is 38.1. The van der Waals surface area contributed by atoms with Crippen LogP contribution in [0, 0.1) is 0 Å². The molecule has 23 heteroatoms. The second-order valence-electron chi connectivity index (χ2n) is 31.0. The number of esters is 2. The number of hydrogen-bond donors (Lipinski definition) is 6. The largest absolute Gasteiger partial charge is 0.489 e. The van der Waals surface area contributed by atoms with Crippen molar-refractivity contribution in [3.05, 3.63) is 200 Å². The van der Waals surface area contributed by atoms with Crippen LogP contribution in [0.4, 0.5) is 34.1 Å². The number of benzene rings is 8. The van der Waals surface area contributed by atoms with E-state index in [1.807, 2.05) is 151 Å². The average molecular weight is 1500 g/mol. The van der Waals surface area contributed by atoms with Gasteiger partial charge in [-0.05, 0) is 226 Å². The first-order chi connectivity index (χ1) is 51.6. The fraction of sp³-hybridized carbons (Fsp3) is 0.356. The molecule has 1 aliphatic rings. The summed E-state index contributed by atoms with van der Waals surface area (Å²) in [6.07, 6.45) is -2.18. The highest BCUT2D eigenvalue weighted by Crippen LogP contribution is 2.53. The van der Waals surface area contributed by atoms with Gasteiger partial charge in [0.1, 0.15) is 46.0 Å². The summed E-state index contributed by atoms with van der Waals surface area (Å²) in [5, 5.41) is 17.7. The zero-order chi connectivity index (χ0) is 80.8. The van der Waals surface area contributed by atoms with E-state index in [1.165, 1.54) is 74.9 Å². The van der Waals surface area contributed by atoms with Crippen molar-refractivity contribution in [3.63, 3.8) is 0 Å². The summed E-state index contributed by atoms with van der Waals surface area (Å²) in [6, 6.07) is 35.3. The third-order valence-electron chi connectivity index (χ3n) is 17.4. The van der Waals surface area contributed by atoms with Gasteiger partial charge in [0.25, 0.3) is 35.4 Å². The summed E-state index contributed by atoms with van der Waals surface area (Å²) >= 11 is 0. The predicted octanol–water partition coefficient (Wildman–Crippen LogP) is 18.5. The number of methoxy groups -OCH3 is 2. The fourth-order valence-corrected chi connectivity index (χ4v) is 11.9. The van der Waals surface area contributed by atoms with E-state index in [9.17, 15) is 28.8 Å². The molecule has 1 heterocycles. The molecule has 8 aromatic rings. The van der Waals surface area contributed by atoms with Crippen LogP contribution in [0.2, 0.25) is 0 Å². The normalized spacial score (nSPS) is 12.3. The Labute approximate surface area is 643 Å². The molecule has 0 aromatic heterocycles. The molecule has 1 aliphatic heterocycles. The summed E-state index contributed by atoms with van der Waals surface area (Å²) in [7, 11) is 2.54. The van der Waals surface area contributed by atoms with E-state index < -0.39 is 75.8 Å². The summed E-state index contributed by atoms with van der Waals surface area (Å²) < 4.78 is 53.8. The van der Waals surface area contributed by atoms with Gasteiger partial charge in [0.15, 0.2) is 0 Å². The third-order valence-corrected chi connectivity index (χ3v) is 17.4. The van der Waals surface area contributed by atoms with Crippen molar-refractivity contribution < 1.29 is 81.0 Å². The lowest BCUT2D eigenvalue weighted by atomic mass is 9.70. The fourth-order valence-electron chi connectivity index (χ4n) is 11.9. The van der Waals surface area contributed by atoms with Crippen molar-refractivity contribution in [2.75, 3.05) is 46.1 Å². The SMILES string of the molecule is COC(=O)c1ccc(NC(=O)c2ccc(NC(=O)c3ccc(NC(=O)c4cc(C(C)(C)C)cc5c4Oc4c(C(=O)Nc6ccc(C(=O)Nc7ccc(C(=O)Nc8ccc(C(=O)OC)cc8OC(C)C)cc7OC(C)C)cc6OC(C)C)cc(C(C)(C)C)cc4C5(C)C)c(OC(C)C)c3)c(OC(C)C)c2)c(OC(C)C)c1. The number of nitrogens with one attached hydrogen (secondary N) is 6. The molecule has 0 unspecified atom stereocenters. The molecule has 0 aliphatic carbocycles. The molecular weight excluding hydrogens is 1400 g/mol. The molecule has 0 fully saturated rings. The van der Waals surface area contributed by atoms with Crippen molar-refractivity contribution in [3.8, 4) is 46.0 Å². The van der Waals surface area contributed by atoms with Gasteiger partial charge >= 0.3 is 11.9 Å². The molecular formula is C87H100N6O17. The van der Waals surface area contributed by atoms with Gasteiger partial charge < -0.3 is 74.5 Å². The number of rotatable bonds is 26. The molecule has 110 heavy (non-hydrogen) atoms. The van der Waals surface area contributed by atoms with Crippen molar-refractivity contribution in [2.24, 2.45) is 0 Å². The highest BCUT2D eigenvalue weighted by atomic mass is 16.5. The molecule has 0 bridgehead atoms. The van der Waals surface area contributed by atoms with E-state index in [-0.39, 0.29) is 138 Å². The van der Waals surface area contributed by atoms with E-state index in [0.29, 0.717) is 22.5 Å². The Morgan fingerprint density at radius 2 is 0.518 bits per heavy atom. The van der Waals surface area contributed by atoms with Crippen LogP contribution < -0.4 is 65.1 Å². The van der Waals surface area contributed by atoms with Crippen molar-refractivity contribution in [1.29, 1.82) is 0 Å². The molecule has 9 rings (SSSR count). The van der Waals surface area contributed by atoms with Crippen LogP contribution in [-0.2, 0) is 25.7 Å². The minimum absolute atomic E-state index is 0.156. The standard InChI is InChI=1S/C87H100N6O17/c1-45(2)104-69-35-51(79(96)90-65-33-27-55(83(100)102-21)39-73(65)108-49(9)10)23-29-63(69)88-77(94)53-25-31-67(71(37-53)106-47(5)6)92-81(98)59-41-57(85(13,14)15)43-61-75(59)110-76-60(42-58(86(16,17)18)44-62(76)87(61,19)20)82(99)93-68-32-26-54(38-72(68)107-48(7)8)78(95)89-64-30-24-52(36-70(64)105-46(3)4)80(97)91-66-34-28-56(84(101)103-22)40-74(66)109-50(11)12/h23-50H,1-22H3,(H,88,94)(H,89,95)(H,90,96)(H,91,97)(H,92,98)(H,93,99). The topological polar surface area (TPSA) is 292 Å². The van der Waals surface area contributed by atoms with E-state index in [4.69, 9.17) is 42.6 Å². The molecule has 0 atom stereocenters. The van der Waals surface area contributed by atoms with E-state index >= 15 is 9.59 Å². The molecule has 0 saturated carbocycles. The Morgan fingerprint density at radius 1 is 0.309 bits per heavy atom. The Kier molecular flexibility index (Phi) is 25.2. The number of hydrogen-bond acceptors (Lipinski definition) is 17. The Hall–Kier alpha value is -11.9. The first-order valence-corrected chi connectivity index (χ1v) is 36.6. The van der Waals surface area contributed by atoms with Crippen LogP contribution in [0.15, 0.2) is 133 Å². The maximum atomic E-state index is 15.4. The third kappa shape index (κ3) is 19.7. The van der Waals surface area contributed by atoms with Crippen LogP contribution in [0.25, 0.3) is 0 Å². The van der Waals surface area contributed by atoms with Crippen LogP contribution in [-0.4, -0.2) is 98.2 Å². The summed E-state index contributed by atoms with van der Waals surface area (Å²) in [5.41, 5.74) is 4.28. The number of carbonyl (C=O) groups is 8. The van der Waals surface area contributed by atoms with Gasteiger partial charge in [0, 0.05) is 38.8 Å². The van der Waals surface area contributed by atoms with E-state index in [0.717, 1.165) is 11.1 Å². The molecule has 0 saturated heterocycles. The van der Waals surface area contributed by atoms with Gasteiger partial charge in [-0.2, -0.15) is 0 Å². The molecule has 6 amide bonds. The minimum atomic E-state index is -0.905. The number of fused-ring (bicyclic) bond motifs is 2. The van der Waals surface area contributed by atoms with E-state index in [2.05, 4.69) is 31.9 Å². The minimum Gasteiger partial charge on any atom is -0.489 e. The molecule has 23 nitrogen and oxygen atoms in total. The number of amides is 6. The maximum Gasteiger partial charge on any atom is 0.337 e. The summed E-state index contributed by atoms with van der Waals surface area (Å²) in [5.74, 6) is -2.73. The predicted molar refractivity (Wildman–Crippen MR) is 426 cm³/mol. The Morgan fingerprint density at radius 3 is 0.727 bits per heavy atom. The Balaban J connectivity index is 0.997. The summed E-state index contributed by atoms with van der Waals surface area (Å²) in [4.78, 5) is 112. The van der Waals surface area contributed by atoms with Gasteiger partial charge in [-0.15, -0.1) is 0 Å². The van der Waals surface area contributed by atoms with E-state index in [1.54, 1.807) is 60.7 Å². The lowest BCUT2D eigenvalue weighted by molar-refractivity contribution is 0.0591. The van der Waals surface area contributed by atoms with Gasteiger partial charge in [-0.1, -0.05) is 67.5 Å². The molecule has 580 valence electrons. The molecule has 0 spiro atoms. The molecule has 0 radical (unpaired) electrons. The smallest absolute Gasteiger partial charge is 0.337 e. The second-order valence-corrected chi connectivity index (χ2v) is 31.0. The maximum absolute atomic E-state index is 15.4. The highest BCUT2D eigenvalue weighted by Gasteiger charge is 2.42. The monoisotopic (exact) mass is 1500 g/mol. The second kappa shape index (κ2) is 33.7. The van der Waals surface area contributed by atoms with Crippen LogP contribution in [0.1, 0.15) is 244 Å². The van der Waals surface area contributed by atoms with Gasteiger partial charge in [0.2, 0.25) is 0 Å². The lowest BCUT2D eigenvalue weighted by Crippen LogP contribution is -2.30. The van der Waals surface area contributed by atoms with Crippen molar-refractivity contribution in [1.82, 2.24) is 0 Å². The van der Waals surface area contributed by atoms with Crippen LogP contribution in [0.3, 0.4) is 0 Å². The first-order valence-electron chi connectivity index (χ1n) is 36.6. The zero-order valence-corrected chi connectivity index (χ0v) is 66.6. The lowest BCUT2D eigenvalue weighted by Gasteiger charge is -2.38. The number of carbonyl (C=O) groups excluding carboxylic acids is 8. The molecule has 8 aromatic carbocycles. The first kappa shape index (κ1) is 82.2. The number of ether oxygens (including phenoxy) is 9. The highest BCUT2D eigenvalue weighted by molar-refractivity contribution is 6.13. The van der Waals surface area contributed by atoms with Crippen LogP contribution in [0.5, 0.6) is 46.0 Å². The number of anilines is 6. The van der Waals surface area contributed by atoms with Crippen LogP contribution >= 0.6 is 0 Å². The zero-order valence-electron chi connectivity index (χ0n) is 66.6. The van der Waals surface area contributed by atoms with Gasteiger partial charge in [0.05, 0.1) is 107 Å². The van der Waals surface area contributed by atoms with Crippen molar-refractivity contribution >= 4 is 81.5 Å². The quantitative estimate of drug-likeness (QED) is 0.0275. The van der Waals surface area contributed by atoms with Gasteiger partial charge in [-0.3, -0.25) is 28.8 Å². The average Bonchev–Trinajstić information content (AvgIpc) is 0.716. The van der Waals surface area contributed by atoms with Gasteiger partial charge in [-0.25, -0.2) is 9.59 Å². The van der Waals surface area contributed by atoms with Crippen molar-refractivity contribution in [2.45, 2.75) is 191 Å². The Bertz CT molecular complexity index is 4580. The molecule has 6 N–H and O–H groups in total.